The number of aliphatic hydroxyl groups excluding tert-OH is 1. The Bertz CT molecular complexity index is 1210. The molecular weight excluding hydrogens is 400 g/mol. The van der Waals surface area contributed by atoms with Gasteiger partial charge in [0.1, 0.15) is 23.8 Å². The third kappa shape index (κ3) is 4.32. The number of nitrogens with zero attached hydrogens (tertiary/aromatic N) is 3. The van der Waals surface area contributed by atoms with Gasteiger partial charge in [-0.05, 0) is 49.4 Å². The van der Waals surface area contributed by atoms with Gasteiger partial charge in [0.25, 0.3) is 0 Å². The summed E-state index contributed by atoms with van der Waals surface area (Å²) in [6.07, 6.45) is 2.10. The van der Waals surface area contributed by atoms with Crippen LogP contribution in [0.4, 0.5) is 5.82 Å². The summed E-state index contributed by atoms with van der Waals surface area (Å²) in [5.41, 5.74) is 3.92. The Labute approximate surface area is 187 Å². The number of hydrogen-bond donors (Lipinski definition) is 2. The third-order valence-corrected chi connectivity index (χ3v) is 6.02. The summed E-state index contributed by atoms with van der Waals surface area (Å²) < 4.78 is 6.01. The summed E-state index contributed by atoms with van der Waals surface area (Å²) in [5, 5.41) is 10.7. The fourth-order valence-corrected chi connectivity index (χ4v) is 4.36. The molecule has 0 bridgehead atoms. The number of aliphatic hydroxyl groups is 1. The van der Waals surface area contributed by atoms with Gasteiger partial charge in [-0.25, -0.2) is 9.97 Å². The van der Waals surface area contributed by atoms with E-state index in [1.807, 2.05) is 48.5 Å². The van der Waals surface area contributed by atoms with E-state index in [4.69, 9.17) is 14.7 Å². The van der Waals surface area contributed by atoms with E-state index in [0.29, 0.717) is 12.4 Å². The van der Waals surface area contributed by atoms with Crippen molar-refractivity contribution < 1.29 is 9.84 Å². The lowest BCUT2D eigenvalue weighted by Crippen LogP contribution is -2.37. The number of ether oxygens (including phenoxy) is 1. The molecule has 6 heteroatoms. The number of benzene rings is 2. The van der Waals surface area contributed by atoms with Gasteiger partial charge in [0.2, 0.25) is 0 Å². The van der Waals surface area contributed by atoms with Gasteiger partial charge < -0.3 is 19.7 Å². The van der Waals surface area contributed by atoms with Crippen LogP contribution in [0.5, 0.6) is 5.75 Å². The number of nitrogens with one attached hydrogen (secondary N) is 1. The monoisotopic (exact) mass is 428 g/mol. The second-order valence-electron chi connectivity index (χ2n) is 8.54. The highest BCUT2D eigenvalue weighted by Crippen LogP contribution is 2.31. The molecule has 0 saturated carbocycles. The fraction of sp³-hybridized carbons (Fsp3) is 0.308. The van der Waals surface area contributed by atoms with Crippen LogP contribution in [0.1, 0.15) is 24.1 Å². The molecule has 2 aromatic heterocycles. The maximum atomic E-state index is 9.72. The Kier molecular flexibility index (Phi) is 5.77. The van der Waals surface area contributed by atoms with Crippen LogP contribution in [0.15, 0.2) is 60.7 Å². The summed E-state index contributed by atoms with van der Waals surface area (Å²) in [5.74, 6) is 2.75. The normalized spacial score (nSPS) is 16.4. The van der Waals surface area contributed by atoms with Gasteiger partial charge in [-0.3, -0.25) is 0 Å². The smallest absolute Gasteiger partial charge is 0.163 e. The van der Waals surface area contributed by atoms with Crippen LogP contribution in [0.25, 0.3) is 22.4 Å². The highest BCUT2D eigenvalue weighted by atomic mass is 16.5. The number of anilines is 1. The van der Waals surface area contributed by atoms with E-state index in [1.165, 1.54) is 5.56 Å². The predicted octanol–water partition coefficient (Wildman–Crippen LogP) is 4.72. The fourth-order valence-electron chi connectivity index (χ4n) is 4.36. The van der Waals surface area contributed by atoms with Crippen molar-refractivity contribution in [1.29, 1.82) is 0 Å². The molecule has 1 fully saturated rings. The maximum absolute atomic E-state index is 9.72. The minimum Gasteiger partial charge on any atom is -0.487 e. The van der Waals surface area contributed by atoms with Gasteiger partial charge in [0.15, 0.2) is 5.82 Å². The predicted molar refractivity (Wildman–Crippen MR) is 127 cm³/mol. The van der Waals surface area contributed by atoms with E-state index >= 15 is 0 Å². The zero-order valence-electron chi connectivity index (χ0n) is 18.3. The molecule has 1 aliphatic rings. The first-order chi connectivity index (χ1) is 15.7. The number of piperidine rings is 1. The molecule has 0 unspecified atom stereocenters. The standard InChI is InChI=1S/C26H28N4O2/c1-18-7-5-11-22(13-18)32-17-21-14-23-25(27-21)28-24(20-9-3-2-4-10-20)29-26(23)30-12-6-8-19(15-30)16-31/h2-5,7,9-11,13-14,19,31H,6,8,12,15-17H2,1H3,(H,27,28,29)/t19-/m1/s1. The lowest BCUT2D eigenvalue weighted by Gasteiger charge is -2.33. The Morgan fingerprint density at radius 1 is 1.09 bits per heavy atom. The van der Waals surface area contributed by atoms with Gasteiger partial charge in [-0.15, -0.1) is 0 Å². The van der Waals surface area contributed by atoms with E-state index in [9.17, 15) is 5.11 Å². The van der Waals surface area contributed by atoms with Crippen LogP contribution in [0.3, 0.4) is 0 Å². The van der Waals surface area contributed by atoms with Crippen LogP contribution < -0.4 is 9.64 Å². The minimum absolute atomic E-state index is 0.207. The van der Waals surface area contributed by atoms with E-state index < -0.39 is 0 Å². The second-order valence-corrected chi connectivity index (χ2v) is 8.54. The topological polar surface area (TPSA) is 74.3 Å². The van der Waals surface area contributed by atoms with Crippen molar-refractivity contribution >= 4 is 16.9 Å². The average molecular weight is 429 g/mol. The Hall–Kier alpha value is -3.38. The van der Waals surface area contributed by atoms with Gasteiger partial charge in [-0.2, -0.15) is 0 Å². The molecular formula is C26H28N4O2. The molecule has 0 aliphatic carbocycles. The molecule has 0 amide bonds. The highest BCUT2D eigenvalue weighted by Gasteiger charge is 2.24. The SMILES string of the molecule is Cc1cccc(OCc2cc3c(N4CCC[C@@H](CO)C4)nc(-c4ccccc4)nc3[nH]2)c1. The van der Waals surface area contributed by atoms with Crippen LogP contribution in [-0.2, 0) is 6.61 Å². The van der Waals surface area contributed by atoms with Crippen LogP contribution in [-0.4, -0.2) is 39.8 Å². The van der Waals surface area contributed by atoms with E-state index in [-0.39, 0.29) is 12.5 Å². The molecule has 6 nitrogen and oxygen atoms in total. The first-order valence-corrected chi connectivity index (χ1v) is 11.2. The van der Waals surface area contributed by atoms with Crippen LogP contribution in [0, 0.1) is 12.8 Å². The molecule has 3 heterocycles. The number of aryl methyl sites for hydroxylation is 1. The molecule has 2 N–H and O–H groups in total. The summed E-state index contributed by atoms with van der Waals surface area (Å²) in [7, 11) is 0. The van der Waals surface area contributed by atoms with Crippen molar-refractivity contribution in [3.05, 3.63) is 71.9 Å². The Morgan fingerprint density at radius 3 is 2.78 bits per heavy atom. The van der Waals surface area contributed by atoms with E-state index in [1.54, 1.807) is 0 Å². The van der Waals surface area contributed by atoms with Crippen molar-refractivity contribution in [2.45, 2.75) is 26.4 Å². The number of fused-ring (bicyclic) bond motifs is 1. The molecule has 2 aromatic carbocycles. The summed E-state index contributed by atoms with van der Waals surface area (Å²) in [6, 6.07) is 20.2. The highest BCUT2D eigenvalue weighted by molar-refractivity contribution is 5.90. The van der Waals surface area contributed by atoms with Crippen molar-refractivity contribution in [2.24, 2.45) is 5.92 Å². The number of aromatic nitrogens is 3. The van der Waals surface area contributed by atoms with E-state index in [0.717, 1.165) is 59.8 Å². The van der Waals surface area contributed by atoms with Gasteiger partial charge >= 0.3 is 0 Å². The lowest BCUT2D eigenvalue weighted by atomic mass is 9.99. The zero-order chi connectivity index (χ0) is 21.9. The van der Waals surface area contributed by atoms with Crippen molar-refractivity contribution in [3.8, 4) is 17.1 Å². The molecule has 0 spiro atoms. The molecule has 32 heavy (non-hydrogen) atoms. The molecule has 1 aliphatic heterocycles. The Morgan fingerprint density at radius 2 is 1.97 bits per heavy atom. The van der Waals surface area contributed by atoms with Crippen molar-refractivity contribution in [2.75, 3.05) is 24.6 Å². The van der Waals surface area contributed by atoms with Gasteiger partial charge in [0, 0.05) is 25.3 Å². The quantitative estimate of drug-likeness (QED) is 0.465. The van der Waals surface area contributed by atoms with Crippen molar-refractivity contribution in [1.82, 2.24) is 15.0 Å². The van der Waals surface area contributed by atoms with Crippen LogP contribution >= 0.6 is 0 Å². The maximum Gasteiger partial charge on any atom is 0.163 e. The number of aromatic amines is 1. The third-order valence-electron chi connectivity index (χ3n) is 6.02. The average Bonchev–Trinajstić information content (AvgIpc) is 3.26. The summed E-state index contributed by atoms with van der Waals surface area (Å²) in [6.45, 7) is 4.42. The minimum atomic E-state index is 0.207. The number of H-pyrrole nitrogens is 1. The first-order valence-electron chi connectivity index (χ1n) is 11.2. The summed E-state index contributed by atoms with van der Waals surface area (Å²) >= 11 is 0. The van der Waals surface area contributed by atoms with Crippen LogP contribution in [0.2, 0.25) is 0 Å². The molecule has 164 valence electrons. The van der Waals surface area contributed by atoms with E-state index in [2.05, 4.69) is 28.9 Å². The van der Waals surface area contributed by atoms with Crippen molar-refractivity contribution in [3.63, 3.8) is 0 Å². The first kappa shape index (κ1) is 20.5. The lowest BCUT2D eigenvalue weighted by molar-refractivity contribution is 0.208. The molecule has 1 atom stereocenters. The molecule has 0 radical (unpaired) electrons. The number of rotatable bonds is 6. The largest absolute Gasteiger partial charge is 0.487 e. The second kappa shape index (κ2) is 9.01. The summed E-state index contributed by atoms with van der Waals surface area (Å²) in [4.78, 5) is 15.5. The zero-order valence-corrected chi connectivity index (χ0v) is 18.3. The molecule has 1 saturated heterocycles. The van der Waals surface area contributed by atoms with Gasteiger partial charge in [-0.1, -0.05) is 42.5 Å². The molecule has 4 aromatic rings. The Balaban J connectivity index is 1.51. The van der Waals surface area contributed by atoms with Gasteiger partial charge in [0.05, 0.1) is 11.1 Å². The number of hydrogen-bond acceptors (Lipinski definition) is 5. The molecule has 5 rings (SSSR count).